The molecule has 1 aromatic rings. The molecule has 0 spiro atoms. The second-order valence-corrected chi connectivity index (χ2v) is 4.20. The standard InChI is InChI=1S/C5H3BrN2OS/c6-5-8-2-1-7-4(9)3(2)10-5/h1H2,(H,7,9). The zero-order valence-electron chi connectivity index (χ0n) is 4.85. The SMILES string of the molecule is O=C1NCc2nc(Br)sc21. The topological polar surface area (TPSA) is 42.0 Å². The highest BCUT2D eigenvalue weighted by Crippen LogP contribution is 2.25. The summed E-state index contributed by atoms with van der Waals surface area (Å²) in [4.78, 5) is 15.8. The van der Waals surface area contributed by atoms with Gasteiger partial charge in [0.25, 0.3) is 5.91 Å². The van der Waals surface area contributed by atoms with Gasteiger partial charge >= 0.3 is 0 Å². The van der Waals surface area contributed by atoms with Gasteiger partial charge in [-0.2, -0.15) is 0 Å². The van der Waals surface area contributed by atoms with E-state index in [9.17, 15) is 4.79 Å². The largest absolute Gasteiger partial charge is 0.346 e. The molecule has 52 valence electrons. The molecule has 0 atom stereocenters. The van der Waals surface area contributed by atoms with Crippen molar-refractivity contribution in [2.24, 2.45) is 0 Å². The Kier molecular flexibility index (Phi) is 1.28. The van der Waals surface area contributed by atoms with Crippen molar-refractivity contribution in [1.29, 1.82) is 0 Å². The molecule has 0 bridgehead atoms. The highest BCUT2D eigenvalue weighted by Gasteiger charge is 2.22. The van der Waals surface area contributed by atoms with E-state index in [4.69, 9.17) is 0 Å². The van der Waals surface area contributed by atoms with E-state index in [1.165, 1.54) is 11.3 Å². The Balaban J connectivity index is 2.59. The van der Waals surface area contributed by atoms with E-state index in [0.717, 1.165) is 14.5 Å². The summed E-state index contributed by atoms with van der Waals surface area (Å²) in [5, 5.41) is 2.68. The molecule has 0 aromatic carbocycles. The lowest BCUT2D eigenvalue weighted by Gasteiger charge is -1.85. The van der Waals surface area contributed by atoms with Gasteiger partial charge in [0.15, 0.2) is 3.92 Å². The van der Waals surface area contributed by atoms with E-state index in [2.05, 4.69) is 26.2 Å². The normalized spacial score (nSPS) is 15.1. The Morgan fingerprint density at radius 3 is 3.20 bits per heavy atom. The molecule has 10 heavy (non-hydrogen) atoms. The zero-order chi connectivity index (χ0) is 7.14. The summed E-state index contributed by atoms with van der Waals surface area (Å²) < 4.78 is 0.785. The Labute approximate surface area is 69.6 Å². The van der Waals surface area contributed by atoms with Gasteiger partial charge in [0.1, 0.15) is 4.88 Å². The van der Waals surface area contributed by atoms with Crippen molar-refractivity contribution in [3.63, 3.8) is 0 Å². The number of aromatic nitrogens is 1. The number of halogens is 1. The van der Waals surface area contributed by atoms with Crippen LogP contribution in [0.5, 0.6) is 0 Å². The molecule has 0 fully saturated rings. The first-order chi connectivity index (χ1) is 4.77. The van der Waals surface area contributed by atoms with Crippen molar-refractivity contribution in [3.8, 4) is 0 Å². The van der Waals surface area contributed by atoms with Crippen molar-refractivity contribution in [1.82, 2.24) is 10.3 Å². The Hall–Kier alpha value is -0.420. The maximum Gasteiger partial charge on any atom is 0.263 e. The molecule has 0 saturated carbocycles. The molecule has 2 rings (SSSR count). The van der Waals surface area contributed by atoms with E-state index >= 15 is 0 Å². The van der Waals surface area contributed by atoms with E-state index in [0.29, 0.717) is 6.54 Å². The second-order valence-electron chi connectivity index (χ2n) is 1.93. The molecule has 1 aromatic heterocycles. The second kappa shape index (κ2) is 2.03. The number of amides is 1. The summed E-state index contributed by atoms with van der Waals surface area (Å²) in [5.74, 6) is -0.00167. The summed E-state index contributed by atoms with van der Waals surface area (Å²) in [5.41, 5.74) is 0.863. The summed E-state index contributed by atoms with van der Waals surface area (Å²) >= 11 is 4.59. The maximum atomic E-state index is 10.9. The van der Waals surface area contributed by atoms with Crippen LogP contribution in [0.3, 0.4) is 0 Å². The number of nitrogens with zero attached hydrogens (tertiary/aromatic N) is 1. The lowest BCUT2D eigenvalue weighted by molar-refractivity contribution is 0.0969. The van der Waals surface area contributed by atoms with E-state index < -0.39 is 0 Å². The molecule has 2 heterocycles. The van der Waals surface area contributed by atoms with Crippen molar-refractivity contribution in [2.45, 2.75) is 6.54 Å². The van der Waals surface area contributed by atoms with Crippen LogP contribution in [0.2, 0.25) is 0 Å². The predicted octanol–water partition coefficient (Wildman–Crippen LogP) is 1.15. The third-order valence-electron chi connectivity index (χ3n) is 1.29. The third kappa shape index (κ3) is 0.775. The van der Waals surface area contributed by atoms with E-state index in [1.807, 2.05) is 0 Å². The summed E-state index contributed by atoms with van der Waals surface area (Å²) in [6, 6.07) is 0. The average molecular weight is 219 g/mol. The van der Waals surface area contributed by atoms with Crippen LogP contribution in [0.4, 0.5) is 0 Å². The summed E-state index contributed by atoms with van der Waals surface area (Å²) in [6.45, 7) is 0.580. The number of rotatable bonds is 0. The fourth-order valence-corrected chi connectivity index (χ4v) is 2.29. The van der Waals surface area contributed by atoms with Crippen LogP contribution in [-0.2, 0) is 6.54 Å². The van der Waals surface area contributed by atoms with Crippen molar-refractivity contribution >= 4 is 33.2 Å². The number of nitrogens with one attached hydrogen (secondary N) is 1. The predicted molar refractivity (Wildman–Crippen MR) is 41.0 cm³/mol. The number of fused-ring (bicyclic) bond motifs is 1. The van der Waals surface area contributed by atoms with Gasteiger partial charge in [-0.05, 0) is 15.9 Å². The number of hydrogen-bond acceptors (Lipinski definition) is 3. The van der Waals surface area contributed by atoms with Crippen LogP contribution in [0.15, 0.2) is 3.92 Å². The first kappa shape index (κ1) is 6.30. The van der Waals surface area contributed by atoms with Gasteiger partial charge < -0.3 is 5.32 Å². The number of thiazole rings is 1. The smallest absolute Gasteiger partial charge is 0.263 e. The Morgan fingerprint density at radius 1 is 1.70 bits per heavy atom. The molecule has 0 saturated heterocycles. The van der Waals surface area contributed by atoms with Gasteiger partial charge in [-0.3, -0.25) is 4.79 Å². The van der Waals surface area contributed by atoms with Crippen LogP contribution >= 0.6 is 27.3 Å². The Bertz CT molecular complexity index is 296. The van der Waals surface area contributed by atoms with E-state index in [1.54, 1.807) is 0 Å². The fourth-order valence-electron chi connectivity index (χ4n) is 0.864. The molecule has 1 amide bonds. The molecule has 0 unspecified atom stereocenters. The quantitative estimate of drug-likeness (QED) is 0.711. The maximum absolute atomic E-state index is 10.9. The van der Waals surface area contributed by atoms with Gasteiger partial charge in [0.05, 0.1) is 12.2 Å². The molecule has 3 nitrogen and oxygen atoms in total. The lowest BCUT2D eigenvalue weighted by atomic mass is 10.4. The van der Waals surface area contributed by atoms with Crippen LogP contribution < -0.4 is 5.32 Å². The lowest BCUT2D eigenvalue weighted by Crippen LogP contribution is -2.12. The third-order valence-corrected chi connectivity index (χ3v) is 2.84. The monoisotopic (exact) mass is 218 g/mol. The highest BCUT2D eigenvalue weighted by atomic mass is 79.9. The number of carbonyl (C=O) groups excluding carboxylic acids is 1. The number of hydrogen-bond donors (Lipinski definition) is 1. The molecule has 1 N–H and O–H groups in total. The molecule has 0 aliphatic carbocycles. The minimum atomic E-state index is -0.00167. The van der Waals surface area contributed by atoms with Crippen LogP contribution in [0, 0.1) is 0 Å². The molecular formula is C5H3BrN2OS. The molecule has 5 heteroatoms. The first-order valence-corrected chi connectivity index (χ1v) is 4.32. The molecule has 1 aliphatic rings. The minimum absolute atomic E-state index is 0.00167. The zero-order valence-corrected chi connectivity index (χ0v) is 7.25. The number of carbonyl (C=O) groups is 1. The van der Waals surface area contributed by atoms with Gasteiger partial charge in [-0.1, -0.05) is 0 Å². The van der Waals surface area contributed by atoms with Gasteiger partial charge in [0, 0.05) is 0 Å². The van der Waals surface area contributed by atoms with Crippen LogP contribution in [-0.4, -0.2) is 10.9 Å². The molecular weight excluding hydrogens is 216 g/mol. The fraction of sp³-hybridized carbons (Fsp3) is 0.200. The van der Waals surface area contributed by atoms with Crippen molar-refractivity contribution < 1.29 is 4.79 Å². The minimum Gasteiger partial charge on any atom is -0.346 e. The van der Waals surface area contributed by atoms with Crippen molar-refractivity contribution in [3.05, 3.63) is 14.5 Å². The van der Waals surface area contributed by atoms with Crippen LogP contribution in [0.1, 0.15) is 15.4 Å². The van der Waals surface area contributed by atoms with Gasteiger partial charge in [-0.15, -0.1) is 11.3 Å². The summed E-state index contributed by atoms with van der Waals surface area (Å²) in [7, 11) is 0. The van der Waals surface area contributed by atoms with E-state index in [-0.39, 0.29) is 5.91 Å². The van der Waals surface area contributed by atoms with Crippen molar-refractivity contribution in [2.75, 3.05) is 0 Å². The average Bonchev–Trinajstić information content (AvgIpc) is 2.35. The first-order valence-electron chi connectivity index (χ1n) is 2.71. The highest BCUT2D eigenvalue weighted by molar-refractivity contribution is 9.11. The molecule has 0 radical (unpaired) electrons. The Morgan fingerprint density at radius 2 is 2.50 bits per heavy atom. The van der Waals surface area contributed by atoms with Gasteiger partial charge in [-0.25, -0.2) is 4.98 Å². The van der Waals surface area contributed by atoms with Crippen LogP contribution in [0.25, 0.3) is 0 Å². The summed E-state index contributed by atoms with van der Waals surface area (Å²) in [6.07, 6.45) is 0. The van der Waals surface area contributed by atoms with Gasteiger partial charge in [0.2, 0.25) is 0 Å². The molecule has 1 aliphatic heterocycles.